The van der Waals surface area contributed by atoms with Gasteiger partial charge in [0.1, 0.15) is 0 Å². The molecule has 0 aliphatic heterocycles. The molecule has 4 heteroatoms. The van der Waals surface area contributed by atoms with Crippen LogP contribution in [0, 0.1) is 0 Å². The number of nitrogens with one attached hydrogen (secondary N) is 1. The molecule has 0 saturated carbocycles. The van der Waals surface area contributed by atoms with Crippen LogP contribution >= 0.6 is 34.5 Å². The predicted molar refractivity (Wildman–Crippen MR) is 93.8 cm³/mol. The predicted octanol–water partition coefficient (Wildman–Crippen LogP) is 5.91. The van der Waals surface area contributed by atoms with Gasteiger partial charge in [-0.25, -0.2) is 0 Å². The third kappa shape index (κ3) is 2.95. The Balaban J connectivity index is 2.10. The van der Waals surface area contributed by atoms with Crippen LogP contribution in [0.5, 0.6) is 0 Å². The second-order valence-corrected chi connectivity index (χ2v) is 6.72. The summed E-state index contributed by atoms with van der Waals surface area (Å²) < 4.78 is 1.29. The molecule has 0 aliphatic rings. The molecule has 0 spiro atoms. The zero-order valence-corrected chi connectivity index (χ0v) is 13.9. The first-order valence-corrected chi connectivity index (χ1v) is 8.43. The summed E-state index contributed by atoms with van der Waals surface area (Å²) in [4.78, 5) is 1.25. The van der Waals surface area contributed by atoms with Crippen LogP contribution in [0.3, 0.4) is 0 Å². The van der Waals surface area contributed by atoms with E-state index in [0.717, 1.165) is 12.1 Å². The highest BCUT2D eigenvalue weighted by Crippen LogP contribution is 2.37. The molecule has 1 N–H and O–H groups in total. The zero-order chi connectivity index (χ0) is 14.8. The minimum atomic E-state index is 0.0681. The highest BCUT2D eigenvalue weighted by atomic mass is 35.5. The molecule has 0 fully saturated rings. The Morgan fingerprint density at radius 2 is 1.90 bits per heavy atom. The van der Waals surface area contributed by atoms with Crippen molar-refractivity contribution < 1.29 is 0 Å². The van der Waals surface area contributed by atoms with Crippen LogP contribution in [0.15, 0.2) is 48.5 Å². The first-order valence-electron chi connectivity index (χ1n) is 6.86. The van der Waals surface area contributed by atoms with Gasteiger partial charge in [0.15, 0.2) is 0 Å². The quantitative estimate of drug-likeness (QED) is 0.625. The van der Waals surface area contributed by atoms with Gasteiger partial charge in [-0.1, -0.05) is 60.5 Å². The molecule has 108 valence electrons. The topological polar surface area (TPSA) is 12.0 Å². The lowest BCUT2D eigenvalue weighted by atomic mass is 10.0. The SMILES string of the molecule is CCNC(c1cc2ccccc2s1)c1cccc(Cl)c1Cl. The third-order valence-electron chi connectivity index (χ3n) is 3.43. The van der Waals surface area contributed by atoms with Crippen LogP contribution in [0.1, 0.15) is 23.4 Å². The van der Waals surface area contributed by atoms with E-state index in [9.17, 15) is 0 Å². The van der Waals surface area contributed by atoms with Crippen molar-refractivity contribution in [1.82, 2.24) is 5.32 Å². The largest absolute Gasteiger partial charge is 0.306 e. The summed E-state index contributed by atoms with van der Waals surface area (Å²) in [6.07, 6.45) is 0. The van der Waals surface area contributed by atoms with Gasteiger partial charge in [0, 0.05) is 9.58 Å². The Labute approximate surface area is 138 Å². The van der Waals surface area contributed by atoms with E-state index >= 15 is 0 Å². The van der Waals surface area contributed by atoms with Crippen molar-refractivity contribution in [2.24, 2.45) is 0 Å². The molecule has 2 aromatic carbocycles. The average Bonchev–Trinajstić information content (AvgIpc) is 2.91. The number of halogens is 2. The van der Waals surface area contributed by atoms with Gasteiger partial charge >= 0.3 is 0 Å². The lowest BCUT2D eigenvalue weighted by Gasteiger charge is -2.18. The number of fused-ring (bicyclic) bond motifs is 1. The van der Waals surface area contributed by atoms with Crippen LogP contribution in [0.4, 0.5) is 0 Å². The zero-order valence-electron chi connectivity index (χ0n) is 11.6. The molecular weight excluding hydrogens is 321 g/mol. The van der Waals surface area contributed by atoms with Gasteiger partial charge in [0.05, 0.1) is 16.1 Å². The van der Waals surface area contributed by atoms with Crippen molar-refractivity contribution in [3.05, 3.63) is 69.0 Å². The van der Waals surface area contributed by atoms with E-state index in [2.05, 4.69) is 42.6 Å². The number of benzene rings is 2. The van der Waals surface area contributed by atoms with Gasteiger partial charge in [0.2, 0.25) is 0 Å². The van der Waals surface area contributed by atoms with E-state index in [-0.39, 0.29) is 6.04 Å². The molecular formula is C17H15Cl2NS. The van der Waals surface area contributed by atoms with E-state index in [1.165, 1.54) is 15.0 Å². The Hall–Kier alpha value is -1.06. The Kier molecular flexibility index (Phi) is 4.51. The van der Waals surface area contributed by atoms with E-state index in [4.69, 9.17) is 23.2 Å². The standard InChI is InChI=1S/C17H15Cl2NS/c1-2-20-17(12-7-5-8-13(18)16(12)19)15-10-11-6-3-4-9-14(11)21-15/h3-10,17,20H,2H2,1H3. The van der Waals surface area contributed by atoms with Gasteiger partial charge in [-0.15, -0.1) is 11.3 Å². The normalized spacial score (nSPS) is 12.7. The van der Waals surface area contributed by atoms with Crippen molar-refractivity contribution in [3.8, 4) is 0 Å². The molecule has 0 amide bonds. The van der Waals surface area contributed by atoms with Gasteiger partial charge in [-0.3, -0.25) is 0 Å². The summed E-state index contributed by atoms with van der Waals surface area (Å²) >= 11 is 14.4. The van der Waals surface area contributed by atoms with E-state index < -0.39 is 0 Å². The Bertz CT molecular complexity index is 733. The van der Waals surface area contributed by atoms with Crippen LogP contribution in [0.2, 0.25) is 10.0 Å². The van der Waals surface area contributed by atoms with Crippen molar-refractivity contribution >= 4 is 44.6 Å². The molecule has 0 aliphatic carbocycles. The molecule has 1 nitrogen and oxygen atoms in total. The van der Waals surface area contributed by atoms with Crippen LogP contribution < -0.4 is 5.32 Å². The lowest BCUT2D eigenvalue weighted by Crippen LogP contribution is -2.21. The average molecular weight is 336 g/mol. The van der Waals surface area contributed by atoms with Crippen molar-refractivity contribution in [1.29, 1.82) is 0 Å². The van der Waals surface area contributed by atoms with Gasteiger partial charge < -0.3 is 5.32 Å². The van der Waals surface area contributed by atoms with Crippen molar-refractivity contribution in [3.63, 3.8) is 0 Å². The smallest absolute Gasteiger partial charge is 0.0686 e. The fourth-order valence-corrected chi connectivity index (χ4v) is 4.03. The summed E-state index contributed by atoms with van der Waals surface area (Å²) in [6.45, 7) is 2.96. The molecule has 21 heavy (non-hydrogen) atoms. The van der Waals surface area contributed by atoms with Crippen LogP contribution in [0.25, 0.3) is 10.1 Å². The van der Waals surface area contributed by atoms with Crippen molar-refractivity contribution in [2.75, 3.05) is 6.54 Å². The number of thiophene rings is 1. The minimum Gasteiger partial charge on any atom is -0.306 e. The maximum absolute atomic E-state index is 6.40. The third-order valence-corrected chi connectivity index (χ3v) is 5.44. The molecule has 3 rings (SSSR count). The van der Waals surface area contributed by atoms with E-state index in [1.54, 1.807) is 11.3 Å². The second kappa shape index (κ2) is 6.37. The summed E-state index contributed by atoms with van der Waals surface area (Å²) in [6, 6.07) is 16.5. The summed E-state index contributed by atoms with van der Waals surface area (Å²) in [5.74, 6) is 0. The highest BCUT2D eigenvalue weighted by Gasteiger charge is 2.19. The molecule has 1 heterocycles. The van der Waals surface area contributed by atoms with E-state index in [1.807, 2.05) is 18.2 Å². The fourth-order valence-electron chi connectivity index (χ4n) is 2.46. The molecule has 0 saturated heterocycles. The highest BCUT2D eigenvalue weighted by molar-refractivity contribution is 7.19. The second-order valence-electron chi connectivity index (χ2n) is 4.82. The maximum Gasteiger partial charge on any atom is 0.0686 e. The first kappa shape index (κ1) is 14.9. The molecule has 1 unspecified atom stereocenters. The van der Waals surface area contributed by atoms with Crippen molar-refractivity contribution in [2.45, 2.75) is 13.0 Å². The van der Waals surface area contributed by atoms with E-state index in [0.29, 0.717) is 10.0 Å². The molecule has 1 atom stereocenters. The Morgan fingerprint density at radius 1 is 1.10 bits per heavy atom. The van der Waals surface area contributed by atoms with Gasteiger partial charge in [-0.2, -0.15) is 0 Å². The van der Waals surface area contributed by atoms with Gasteiger partial charge in [0.25, 0.3) is 0 Å². The monoisotopic (exact) mass is 335 g/mol. The van der Waals surface area contributed by atoms with Crippen LogP contribution in [-0.4, -0.2) is 6.54 Å². The summed E-state index contributed by atoms with van der Waals surface area (Å²) in [5, 5.41) is 6.00. The molecule has 0 radical (unpaired) electrons. The molecule has 3 aromatic rings. The Morgan fingerprint density at radius 3 is 2.67 bits per heavy atom. The fraction of sp³-hybridized carbons (Fsp3) is 0.176. The molecule has 1 aromatic heterocycles. The first-order chi connectivity index (χ1) is 10.2. The summed E-state index contributed by atoms with van der Waals surface area (Å²) in [7, 11) is 0. The number of hydrogen-bond donors (Lipinski definition) is 1. The number of rotatable bonds is 4. The molecule has 0 bridgehead atoms. The number of hydrogen-bond acceptors (Lipinski definition) is 2. The maximum atomic E-state index is 6.40. The van der Waals surface area contributed by atoms with Crippen LogP contribution in [-0.2, 0) is 0 Å². The van der Waals surface area contributed by atoms with Gasteiger partial charge in [-0.05, 0) is 35.7 Å². The minimum absolute atomic E-state index is 0.0681. The summed E-state index contributed by atoms with van der Waals surface area (Å²) in [5.41, 5.74) is 1.03. The lowest BCUT2D eigenvalue weighted by molar-refractivity contribution is 0.640.